The van der Waals surface area contributed by atoms with E-state index in [-0.39, 0.29) is 12.2 Å². The van der Waals surface area contributed by atoms with Crippen molar-refractivity contribution >= 4 is 33.1 Å². The van der Waals surface area contributed by atoms with Gasteiger partial charge < -0.3 is 10.4 Å². The number of aliphatic hydroxyl groups is 1. The number of nitro groups is 1. The number of nitrogens with zero attached hydrogens (tertiary/aromatic N) is 3. The number of non-ortho nitro benzene ring substituents is 1. The van der Waals surface area contributed by atoms with Crippen LogP contribution in [0.4, 0.5) is 11.5 Å². The van der Waals surface area contributed by atoms with E-state index in [0.717, 1.165) is 21.3 Å². The monoisotopic (exact) mass is 392 g/mol. The van der Waals surface area contributed by atoms with Crippen molar-refractivity contribution in [1.82, 2.24) is 9.97 Å². The zero-order valence-electron chi connectivity index (χ0n) is 14.6. The molecule has 4 rings (SSSR count). The Hall–Kier alpha value is -3.36. The fourth-order valence-electron chi connectivity index (χ4n) is 2.97. The lowest BCUT2D eigenvalue weighted by Crippen LogP contribution is -2.13. The predicted octanol–water partition coefficient (Wildman–Crippen LogP) is 4.41. The molecule has 8 heteroatoms. The van der Waals surface area contributed by atoms with Crippen LogP contribution in [0, 0.1) is 10.1 Å². The van der Waals surface area contributed by atoms with Crippen molar-refractivity contribution in [2.75, 3.05) is 11.9 Å². The van der Waals surface area contributed by atoms with Crippen LogP contribution >= 0.6 is 11.3 Å². The number of aliphatic hydroxyl groups excluding tert-OH is 1. The van der Waals surface area contributed by atoms with E-state index in [1.54, 1.807) is 23.5 Å². The van der Waals surface area contributed by atoms with Crippen molar-refractivity contribution < 1.29 is 10.0 Å². The van der Waals surface area contributed by atoms with E-state index in [0.29, 0.717) is 11.4 Å². The Morgan fingerprint density at radius 3 is 2.57 bits per heavy atom. The number of nitrogens with one attached hydrogen (secondary N) is 1. The van der Waals surface area contributed by atoms with Gasteiger partial charge >= 0.3 is 0 Å². The number of hydrogen-bond acceptors (Lipinski definition) is 7. The molecule has 2 N–H and O–H groups in total. The minimum absolute atomic E-state index is 0.00723. The van der Waals surface area contributed by atoms with Crippen LogP contribution in [0.25, 0.3) is 21.3 Å². The van der Waals surface area contributed by atoms with Crippen molar-refractivity contribution in [3.8, 4) is 11.1 Å². The molecule has 2 aromatic heterocycles. The molecule has 0 amide bonds. The third kappa shape index (κ3) is 3.55. The van der Waals surface area contributed by atoms with Crippen molar-refractivity contribution in [2.24, 2.45) is 0 Å². The molecular weight excluding hydrogens is 376 g/mol. The first-order chi connectivity index (χ1) is 13.6. The van der Waals surface area contributed by atoms with Gasteiger partial charge in [0.15, 0.2) is 0 Å². The summed E-state index contributed by atoms with van der Waals surface area (Å²) in [5.41, 5.74) is 2.69. The Balaban J connectivity index is 1.58. The molecule has 0 unspecified atom stereocenters. The molecule has 0 saturated carbocycles. The molecule has 7 nitrogen and oxygen atoms in total. The van der Waals surface area contributed by atoms with Gasteiger partial charge in [0.1, 0.15) is 17.0 Å². The van der Waals surface area contributed by atoms with Crippen molar-refractivity contribution in [2.45, 2.75) is 6.10 Å². The van der Waals surface area contributed by atoms with E-state index < -0.39 is 11.0 Å². The lowest BCUT2D eigenvalue weighted by molar-refractivity contribution is -0.384. The average Bonchev–Trinajstić information content (AvgIpc) is 3.17. The Bertz CT molecular complexity index is 1110. The van der Waals surface area contributed by atoms with Gasteiger partial charge in [-0.25, -0.2) is 9.97 Å². The highest BCUT2D eigenvalue weighted by atomic mass is 32.1. The van der Waals surface area contributed by atoms with Crippen LogP contribution in [0.1, 0.15) is 11.7 Å². The normalized spacial score (nSPS) is 12.0. The molecule has 0 bridgehead atoms. The van der Waals surface area contributed by atoms with Gasteiger partial charge in [0, 0.05) is 29.6 Å². The van der Waals surface area contributed by atoms with E-state index in [1.165, 1.54) is 18.5 Å². The van der Waals surface area contributed by atoms with E-state index in [2.05, 4.69) is 15.3 Å². The number of nitro benzene ring substituents is 1. The first-order valence-corrected chi connectivity index (χ1v) is 9.45. The summed E-state index contributed by atoms with van der Waals surface area (Å²) in [6, 6.07) is 15.9. The largest absolute Gasteiger partial charge is 0.387 e. The number of anilines is 1. The highest BCUT2D eigenvalue weighted by Gasteiger charge is 2.15. The molecule has 0 fully saturated rings. The van der Waals surface area contributed by atoms with Gasteiger partial charge in [-0.2, -0.15) is 0 Å². The number of benzene rings is 2. The fourth-order valence-corrected chi connectivity index (χ4v) is 3.88. The maximum atomic E-state index is 10.8. The molecule has 0 aliphatic heterocycles. The quantitative estimate of drug-likeness (QED) is 0.372. The lowest BCUT2D eigenvalue weighted by atomic mass is 10.1. The Morgan fingerprint density at radius 1 is 1.11 bits per heavy atom. The Labute approximate surface area is 164 Å². The number of rotatable bonds is 6. The van der Waals surface area contributed by atoms with Crippen LogP contribution in [0.5, 0.6) is 0 Å². The second-order valence-electron chi connectivity index (χ2n) is 6.16. The molecular formula is C20H16N4O3S. The molecule has 28 heavy (non-hydrogen) atoms. The molecule has 0 aliphatic carbocycles. The van der Waals surface area contributed by atoms with Crippen LogP contribution in [-0.4, -0.2) is 26.5 Å². The maximum Gasteiger partial charge on any atom is 0.269 e. The summed E-state index contributed by atoms with van der Waals surface area (Å²) in [5.74, 6) is 0.645. The second kappa shape index (κ2) is 7.71. The molecule has 2 heterocycles. The van der Waals surface area contributed by atoms with Crippen LogP contribution in [0.2, 0.25) is 0 Å². The minimum atomic E-state index is -0.829. The van der Waals surface area contributed by atoms with Crippen LogP contribution in [0.15, 0.2) is 66.3 Å². The summed E-state index contributed by atoms with van der Waals surface area (Å²) in [7, 11) is 0. The zero-order valence-corrected chi connectivity index (χ0v) is 15.5. The minimum Gasteiger partial charge on any atom is -0.387 e. The summed E-state index contributed by atoms with van der Waals surface area (Å²) in [6.07, 6.45) is 0.665. The van der Waals surface area contributed by atoms with Crippen molar-refractivity contribution in [3.63, 3.8) is 0 Å². The molecule has 2 aromatic carbocycles. The number of aromatic nitrogens is 2. The summed E-state index contributed by atoms with van der Waals surface area (Å²) in [4.78, 5) is 19.8. The van der Waals surface area contributed by atoms with Crippen LogP contribution in [0.3, 0.4) is 0 Å². The second-order valence-corrected chi connectivity index (χ2v) is 7.02. The molecule has 0 aliphatic rings. The SMILES string of the molecule is O=[N+]([O-])c1ccc([C@H](O)CNc2ncnc3scc(-c4ccccc4)c23)cc1. The molecule has 0 radical (unpaired) electrons. The average molecular weight is 392 g/mol. The zero-order chi connectivity index (χ0) is 19.5. The van der Waals surface area contributed by atoms with Gasteiger partial charge in [-0.1, -0.05) is 30.3 Å². The smallest absolute Gasteiger partial charge is 0.269 e. The third-order valence-corrected chi connectivity index (χ3v) is 5.29. The summed E-state index contributed by atoms with van der Waals surface area (Å²) in [6.45, 7) is 0.216. The van der Waals surface area contributed by atoms with Crippen LogP contribution in [-0.2, 0) is 0 Å². The molecule has 4 aromatic rings. The van der Waals surface area contributed by atoms with Gasteiger partial charge in [0.25, 0.3) is 5.69 Å². The molecule has 140 valence electrons. The van der Waals surface area contributed by atoms with Crippen molar-refractivity contribution in [3.05, 3.63) is 82.0 Å². The van der Waals surface area contributed by atoms with Gasteiger partial charge in [-0.05, 0) is 23.3 Å². The molecule has 0 saturated heterocycles. The maximum absolute atomic E-state index is 10.8. The summed E-state index contributed by atoms with van der Waals surface area (Å²) < 4.78 is 0. The lowest BCUT2D eigenvalue weighted by Gasteiger charge is -2.13. The van der Waals surface area contributed by atoms with Gasteiger partial charge in [-0.15, -0.1) is 11.3 Å². The third-order valence-electron chi connectivity index (χ3n) is 4.41. The summed E-state index contributed by atoms with van der Waals surface area (Å²) >= 11 is 1.54. The Kier molecular flexibility index (Phi) is 4.96. The van der Waals surface area contributed by atoms with Crippen LogP contribution < -0.4 is 5.32 Å². The molecule has 0 spiro atoms. The summed E-state index contributed by atoms with van der Waals surface area (Å²) in [5, 5.41) is 27.4. The highest BCUT2D eigenvalue weighted by Crippen LogP contribution is 2.36. The van der Waals surface area contributed by atoms with Crippen molar-refractivity contribution in [1.29, 1.82) is 0 Å². The van der Waals surface area contributed by atoms with Gasteiger partial charge in [-0.3, -0.25) is 10.1 Å². The van der Waals surface area contributed by atoms with E-state index in [4.69, 9.17) is 0 Å². The van der Waals surface area contributed by atoms with E-state index >= 15 is 0 Å². The topological polar surface area (TPSA) is 101 Å². The van der Waals surface area contributed by atoms with E-state index in [1.807, 2.05) is 35.7 Å². The first kappa shape index (κ1) is 18.0. The molecule has 1 atom stereocenters. The predicted molar refractivity (Wildman–Crippen MR) is 109 cm³/mol. The standard InChI is InChI=1S/C20H16N4O3S/c25-17(14-6-8-15(9-7-14)24(26)27)10-21-19-18-16(13-4-2-1-3-5-13)11-28-20(18)23-12-22-19/h1-9,11-12,17,25H,10H2,(H,21,22,23)/t17-/m1/s1. The first-order valence-electron chi connectivity index (χ1n) is 8.57. The highest BCUT2D eigenvalue weighted by molar-refractivity contribution is 7.17. The number of hydrogen-bond donors (Lipinski definition) is 2. The number of fused-ring (bicyclic) bond motifs is 1. The Morgan fingerprint density at radius 2 is 1.86 bits per heavy atom. The van der Waals surface area contributed by atoms with E-state index in [9.17, 15) is 15.2 Å². The van der Waals surface area contributed by atoms with Gasteiger partial charge in [0.2, 0.25) is 0 Å². The van der Waals surface area contributed by atoms with Gasteiger partial charge in [0.05, 0.1) is 16.4 Å². The number of thiophene rings is 1. The fraction of sp³-hybridized carbons (Fsp3) is 0.100.